The third kappa shape index (κ3) is 3.30. The molecule has 5 rings (SSSR count). The maximum atomic E-state index is 13.0. The van der Waals surface area contributed by atoms with Crippen LogP contribution in [0.1, 0.15) is 21.6 Å². The lowest BCUT2D eigenvalue weighted by molar-refractivity contribution is 0.0783. The maximum absolute atomic E-state index is 13.0. The normalized spacial score (nSPS) is 11.2. The highest BCUT2D eigenvalue weighted by Crippen LogP contribution is 2.16. The van der Waals surface area contributed by atoms with Crippen LogP contribution in [0.2, 0.25) is 0 Å². The smallest absolute Gasteiger partial charge is 0.255 e. The van der Waals surface area contributed by atoms with Crippen molar-refractivity contribution in [2.45, 2.75) is 13.1 Å². The molecule has 0 atom stereocenters. The van der Waals surface area contributed by atoms with E-state index in [-0.39, 0.29) is 5.91 Å². The molecule has 0 spiro atoms. The number of carbonyl (C=O) groups is 1. The van der Waals surface area contributed by atoms with E-state index < -0.39 is 0 Å². The fraction of sp³-hybridized carbons (Fsp3) is 0.130. The monoisotopic (exact) mass is 396 g/mol. The number of benzene rings is 1. The van der Waals surface area contributed by atoms with E-state index in [1.807, 2.05) is 51.6 Å². The Balaban J connectivity index is 1.37. The quantitative estimate of drug-likeness (QED) is 0.457. The molecule has 0 bridgehead atoms. The first-order chi connectivity index (χ1) is 14.7. The van der Waals surface area contributed by atoms with Gasteiger partial charge in [0.1, 0.15) is 11.2 Å². The van der Waals surface area contributed by atoms with Crippen LogP contribution in [0, 0.1) is 0 Å². The first kappa shape index (κ1) is 18.1. The SMILES string of the molecule is CN(Cc1cnc2ccccn12)C(=O)c1cnc2c(c1)ncn2Cc1ccccc1. The van der Waals surface area contributed by atoms with Gasteiger partial charge in [-0.3, -0.25) is 4.79 Å². The molecule has 0 unspecified atom stereocenters. The van der Waals surface area contributed by atoms with Gasteiger partial charge >= 0.3 is 0 Å². The summed E-state index contributed by atoms with van der Waals surface area (Å²) in [7, 11) is 1.78. The van der Waals surface area contributed by atoms with Crippen molar-refractivity contribution in [3.05, 3.63) is 96.3 Å². The van der Waals surface area contributed by atoms with Gasteiger partial charge in [-0.05, 0) is 23.8 Å². The molecular formula is C23H20N6O. The fourth-order valence-corrected chi connectivity index (χ4v) is 3.60. The average molecular weight is 396 g/mol. The Bertz CT molecular complexity index is 1340. The first-order valence-electron chi connectivity index (χ1n) is 9.70. The van der Waals surface area contributed by atoms with Crippen LogP contribution in [0.25, 0.3) is 16.8 Å². The van der Waals surface area contributed by atoms with Gasteiger partial charge in [0.05, 0.1) is 36.9 Å². The summed E-state index contributed by atoms with van der Waals surface area (Å²) in [6, 6.07) is 17.8. The van der Waals surface area contributed by atoms with Crippen molar-refractivity contribution in [1.82, 2.24) is 28.8 Å². The predicted octanol–water partition coefficient (Wildman–Crippen LogP) is 3.40. The van der Waals surface area contributed by atoms with Crippen molar-refractivity contribution >= 4 is 22.7 Å². The van der Waals surface area contributed by atoms with Gasteiger partial charge in [-0.15, -0.1) is 0 Å². The fourth-order valence-electron chi connectivity index (χ4n) is 3.60. The van der Waals surface area contributed by atoms with Gasteiger partial charge in [-0.25, -0.2) is 15.0 Å². The molecule has 0 N–H and O–H groups in total. The number of fused-ring (bicyclic) bond motifs is 2. The minimum Gasteiger partial charge on any atom is -0.336 e. The van der Waals surface area contributed by atoms with Gasteiger partial charge in [-0.2, -0.15) is 0 Å². The summed E-state index contributed by atoms with van der Waals surface area (Å²) < 4.78 is 3.97. The van der Waals surface area contributed by atoms with Gasteiger partial charge < -0.3 is 13.9 Å². The zero-order valence-corrected chi connectivity index (χ0v) is 16.5. The molecule has 0 aliphatic rings. The zero-order chi connectivity index (χ0) is 20.5. The van der Waals surface area contributed by atoms with Crippen LogP contribution in [0.3, 0.4) is 0 Å². The molecular weight excluding hydrogens is 376 g/mol. The molecule has 4 aromatic heterocycles. The van der Waals surface area contributed by atoms with E-state index in [0.717, 1.165) is 17.0 Å². The molecule has 7 heteroatoms. The molecule has 1 aromatic carbocycles. The summed E-state index contributed by atoms with van der Waals surface area (Å²) in [5, 5.41) is 0. The second-order valence-corrected chi connectivity index (χ2v) is 7.26. The molecule has 148 valence electrons. The number of nitrogens with zero attached hydrogens (tertiary/aromatic N) is 6. The number of rotatable bonds is 5. The molecule has 0 radical (unpaired) electrons. The summed E-state index contributed by atoms with van der Waals surface area (Å²) in [5.74, 6) is -0.104. The molecule has 1 amide bonds. The van der Waals surface area contributed by atoms with E-state index >= 15 is 0 Å². The summed E-state index contributed by atoms with van der Waals surface area (Å²) in [4.78, 5) is 28.0. The van der Waals surface area contributed by atoms with Crippen LogP contribution in [0.5, 0.6) is 0 Å². The molecule has 4 heterocycles. The molecule has 0 aliphatic carbocycles. The highest BCUT2D eigenvalue weighted by Gasteiger charge is 2.16. The minimum absolute atomic E-state index is 0.104. The Morgan fingerprint density at radius 2 is 1.83 bits per heavy atom. The van der Waals surface area contributed by atoms with Crippen molar-refractivity contribution in [1.29, 1.82) is 0 Å². The van der Waals surface area contributed by atoms with Gasteiger partial charge in [0, 0.05) is 19.4 Å². The predicted molar refractivity (Wildman–Crippen MR) is 114 cm³/mol. The third-order valence-corrected chi connectivity index (χ3v) is 5.14. The largest absolute Gasteiger partial charge is 0.336 e. The molecule has 30 heavy (non-hydrogen) atoms. The van der Waals surface area contributed by atoms with Crippen molar-refractivity contribution < 1.29 is 4.79 Å². The number of aromatic nitrogens is 5. The molecule has 0 fully saturated rings. The minimum atomic E-state index is -0.104. The van der Waals surface area contributed by atoms with Gasteiger partial charge in [0.15, 0.2) is 5.65 Å². The second-order valence-electron chi connectivity index (χ2n) is 7.26. The summed E-state index contributed by atoms with van der Waals surface area (Å²) in [6.45, 7) is 1.14. The topological polar surface area (TPSA) is 68.3 Å². The summed E-state index contributed by atoms with van der Waals surface area (Å²) in [5.41, 5.74) is 4.97. The van der Waals surface area contributed by atoms with E-state index in [9.17, 15) is 4.79 Å². The highest BCUT2D eigenvalue weighted by atomic mass is 16.2. The molecule has 7 nitrogen and oxygen atoms in total. The Hall–Kier alpha value is -4.00. The Morgan fingerprint density at radius 1 is 1.00 bits per heavy atom. The van der Waals surface area contributed by atoms with E-state index in [1.54, 1.807) is 36.7 Å². The number of carbonyl (C=O) groups excluding carboxylic acids is 1. The maximum Gasteiger partial charge on any atom is 0.255 e. The van der Waals surface area contributed by atoms with Crippen LogP contribution >= 0.6 is 0 Å². The lowest BCUT2D eigenvalue weighted by Crippen LogP contribution is -2.26. The Kier molecular flexibility index (Phi) is 4.48. The number of hydrogen-bond acceptors (Lipinski definition) is 4. The van der Waals surface area contributed by atoms with E-state index in [2.05, 4.69) is 27.1 Å². The molecule has 0 aliphatic heterocycles. The van der Waals surface area contributed by atoms with E-state index in [4.69, 9.17) is 0 Å². The van der Waals surface area contributed by atoms with Crippen molar-refractivity contribution in [3.63, 3.8) is 0 Å². The van der Waals surface area contributed by atoms with Crippen molar-refractivity contribution in [3.8, 4) is 0 Å². The van der Waals surface area contributed by atoms with Crippen molar-refractivity contribution in [2.24, 2.45) is 0 Å². The second kappa shape index (κ2) is 7.44. The van der Waals surface area contributed by atoms with Gasteiger partial charge in [-0.1, -0.05) is 36.4 Å². The summed E-state index contributed by atoms with van der Waals surface area (Å²) >= 11 is 0. The van der Waals surface area contributed by atoms with Crippen LogP contribution in [0.4, 0.5) is 0 Å². The number of pyridine rings is 2. The highest BCUT2D eigenvalue weighted by molar-refractivity contribution is 5.96. The van der Waals surface area contributed by atoms with Crippen LogP contribution < -0.4 is 0 Å². The molecule has 0 saturated carbocycles. The Labute approximate surface area is 173 Å². The number of hydrogen-bond donors (Lipinski definition) is 0. The van der Waals surface area contributed by atoms with Gasteiger partial charge in [0.25, 0.3) is 5.91 Å². The van der Waals surface area contributed by atoms with E-state index in [0.29, 0.717) is 24.2 Å². The number of amides is 1. The van der Waals surface area contributed by atoms with Crippen LogP contribution in [-0.4, -0.2) is 41.8 Å². The number of imidazole rings is 2. The van der Waals surface area contributed by atoms with Crippen LogP contribution in [0.15, 0.2) is 79.5 Å². The van der Waals surface area contributed by atoms with Crippen LogP contribution in [-0.2, 0) is 13.1 Å². The lowest BCUT2D eigenvalue weighted by atomic mass is 10.2. The standard InChI is InChI=1S/C23H20N6O/c1-27(15-19-13-24-21-9-5-6-10-29(19)21)23(30)18-11-20-22(25-12-18)28(16-26-20)14-17-7-3-2-4-8-17/h2-13,16H,14-15H2,1H3. The lowest BCUT2D eigenvalue weighted by Gasteiger charge is -2.16. The zero-order valence-electron chi connectivity index (χ0n) is 16.5. The molecule has 5 aromatic rings. The first-order valence-corrected chi connectivity index (χ1v) is 9.70. The Morgan fingerprint density at radius 3 is 2.70 bits per heavy atom. The third-order valence-electron chi connectivity index (χ3n) is 5.14. The van der Waals surface area contributed by atoms with Gasteiger partial charge in [0.2, 0.25) is 0 Å². The van der Waals surface area contributed by atoms with Crippen molar-refractivity contribution in [2.75, 3.05) is 7.05 Å². The molecule has 0 saturated heterocycles. The van der Waals surface area contributed by atoms with E-state index in [1.165, 1.54) is 5.56 Å². The summed E-state index contributed by atoms with van der Waals surface area (Å²) in [6.07, 6.45) is 7.13. The average Bonchev–Trinajstić information content (AvgIpc) is 3.38.